The fraction of sp³-hybridized carbons (Fsp3) is 0.688. The van der Waals surface area contributed by atoms with E-state index in [1.807, 2.05) is 19.9 Å². The second kappa shape index (κ2) is 26.2. The number of ether oxygens (including phenoxy) is 2. The molecule has 1 aromatic carbocycles. The van der Waals surface area contributed by atoms with E-state index in [-0.39, 0.29) is 62.7 Å². The maximum atomic E-state index is 14.5. The average Bonchev–Trinajstić information content (AvgIpc) is 3.90. The molecule has 2 saturated heterocycles. The first-order valence-electron chi connectivity index (χ1n) is 23.4. The Balaban J connectivity index is 1.72. The molecule has 19 heteroatoms. The fourth-order valence-electron chi connectivity index (χ4n) is 9.08. The van der Waals surface area contributed by atoms with Crippen molar-refractivity contribution in [2.45, 2.75) is 155 Å². The van der Waals surface area contributed by atoms with Crippen LogP contribution in [0.4, 0.5) is 0 Å². The van der Waals surface area contributed by atoms with E-state index < -0.39 is 102 Å². The lowest BCUT2D eigenvalue weighted by Crippen LogP contribution is -2.60. The van der Waals surface area contributed by atoms with Crippen molar-refractivity contribution in [1.82, 2.24) is 30.4 Å². The molecule has 9 atom stereocenters. The van der Waals surface area contributed by atoms with Gasteiger partial charge >= 0.3 is 11.9 Å². The molecule has 3 N–H and O–H groups in total. The van der Waals surface area contributed by atoms with Crippen LogP contribution >= 0.6 is 0 Å². The molecular formula is C48H74N6O13. The summed E-state index contributed by atoms with van der Waals surface area (Å²) in [6.45, 7) is 13.1. The number of hydrogen-bond acceptors (Lipinski definition) is 12. The predicted octanol–water partition coefficient (Wildman–Crippen LogP) is 3.12. The highest BCUT2D eigenvalue weighted by atomic mass is 16.7. The van der Waals surface area contributed by atoms with Gasteiger partial charge in [-0.15, -0.1) is 5.06 Å². The molecule has 2 heterocycles. The van der Waals surface area contributed by atoms with Crippen LogP contribution in [0, 0.1) is 23.7 Å². The number of carbonyl (C=O) groups is 9. The maximum absolute atomic E-state index is 14.5. The lowest BCUT2D eigenvalue weighted by Gasteiger charge is -2.41. The van der Waals surface area contributed by atoms with Gasteiger partial charge in [0.05, 0.1) is 36.6 Å². The third-order valence-electron chi connectivity index (χ3n) is 13.1. The number of carboxylic acids is 1. The lowest BCUT2D eigenvalue weighted by molar-refractivity contribution is -0.197. The number of nitrogens with zero attached hydrogens (tertiary/aromatic N) is 4. The molecule has 19 nitrogen and oxygen atoms in total. The third kappa shape index (κ3) is 15.0. The smallest absolute Gasteiger partial charge is 0.333 e. The molecule has 0 bridgehead atoms. The number of hydroxylamine groups is 2. The molecule has 4 unspecified atom stereocenters. The van der Waals surface area contributed by atoms with Gasteiger partial charge in [0.25, 0.3) is 11.8 Å². The number of methoxy groups -OCH3 is 2. The SMILES string of the molecule is CCC(C)[C@@H]([C@@H](CC(=O)N1CCCC1C(OC)[C@@H](C)C(=O)N[C@@H](Cc1ccccc1)C(=O)O)OC)N(C)C(=O)[C@@H](NC(=O)C(C(C)C)N(C)C(=O)CCCC(=O)ON1C(=O)CCC1=O)C(C)C. The van der Waals surface area contributed by atoms with Crippen LogP contribution < -0.4 is 10.6 Å². The minimum absolute atomic E-state index is 0.0366. The van der Waals surface area contributed by atoms with Crippen molar-refractivity contribution in [3.05, 3.63) is 35.9 Å². The van der Waals surface area contributed by atoms with Gasteiger partial charge in [0.2, 0.25) is 29.5 Å². The minimum atomic E-state index is -1.17. The molecule has 0 radical (unpaired) electrons. The number of hydrogen-bond donors (Lipinski definition) is 3. The number of likely N-dealkylation sites (tertiary alicyclic amines) is 1. The van der Waals surface area contributed by atoms with E-state index in [1.54, 1.807) is 70.8 Å². The molecular weight excluding hydrogens is 869 g/mol. The molecule has 0 aromatic heterocycles. The van der Waals surface area contributed by atoms with Gasteiger partial charge < -0.3 is 44.8 Å². The summed E-state index contributed by atoms with van der Waals surface area (Å²) in [6.07, 6.45) is -0.155. The van der Waals surface area contributed by atoms with Gasteiger partial charge in [-0.2, -0.15) is 0 Å². The zero-order valence-electron chi connectivity index (χ0n) is 41.2. The van der Waals surface area contributed by atoms with E-state index in [0.29, 0.717) is 30.9 Å². The highest BCUT2D eigenvalue weighted by molar-refractivity contribution is 6.01. The Hall–Kier alpha value is -5.43. The topological polar surface area (TPSA) is 239 Å². The largest absolute Gasteiger partial charge is 0.480 e. The van der Waals surface area contributed by atoms with Gasteiger partial charge in [0.15, 0.2) is 0 Å². The van der Waals surface area contributed by atoms with Gasteiger partial charge in [-0.25, -0.2) is 9.59 Å². The average molecular weight is 943 g/mol. The molecule has 0 aliphatic carbocycles. The number of imide groups is 1. The van der Waals surface area contributed by atoms with E-state index in [2.05, 4.69) is 10.6 Å². The maximum Gasteiger partial charge on any atom is 0.333 e. The molecule has 374 valence electrons. The summed E-state index contributed by atoms with van der Waals surface area (Å²) in [7, 11) is 6.03. The first-order valence-corrected chi connectivity index (χ1v) is 23.4. The Labute approximate surface area is 394 Å². The van der Waals surface area contributed by atoms with Gasteiger partial charge in [-0.3, -0.25) is 33.6 Å². The van der Waals surface area contributed by atoms with Crippen LogP contribution in [0.3, 0.4) is 0 Å². The van der Waals surface area contributed by atoms with Crippen LogP contribution in [0.25, 0.3) is 0 Å². The van der Waals surface area contributed by atoms with Crippen LogP contribution in [0.5, 0.6) is 0 Å². The molecule has 2 aliphatic heterocycles. The van der Waals surface area contributed by atoms with Gasteiger partial charge in [0, 0.05) is 67.0 Å². The molecule has 1 aromatic rings. The number of benzene rings is 1. The standard InChI is InChI=1S/C48H74N6O13/c1-12-30(6)43(35(65-10)27-39(58)53-25-17-20-34(53)44(66-11)31(7)45(60)49-33(48(63)64)26-32-18-14-13-15-19-32)52(9)47(62)41(28(2)3)50-46(61)42(29(4)5)51(8)36(55)21-16-22-40(59)67-54-37(56)23-24-38(54)57/h13-15,18-19,28-31,33-35,41-44H,12,16-17,20-27H2,1-11H3,(H,49,60)(H,50,61)(H,63,64)/t30?,31-,33+,34?,35-,41+,42?,43+,44?/m1/s1. The molecule has 2 fully saturated rings. The predicted molar refractivity (Wildman–Crippen MR) is 245 cm³/mol. The summed E-state index contributed by atoms with van der Waals surface area (Å²) in [5.74, 6) is -7.18. The number of nitrogens with one attached hydrogen (secondary N) is 2. The Morgan fingerprint density at radius 1 is 0.836 bits per heavy atom. The Kier molecular flexibility index (Phi) is 21.9. The third-order valence-corrected chi connectivity index (χ3v) is 13.1. The Morgan fingerprint density at radius 2 is 1.46 bits per heavy atom. The van der Waals surface area contributed by atoms with Crippen molar-refractivity contribution in [2.24, 2.45) is 23.7 Å². The zero-order chi connectivity index (χ0) is 50.3. The number of rotatable bonds is 26. The molecule has 3 rings (SSSR count). The number of aliphatic carboxylic acids is 1. The first kappa shape index (κ1) is 55.9. The van der Waals surface area contributed by atoms with E-state index >= 15 is 0 Å². The van der Waals surface area contributed by atoms with Crippen LogP contribution in [0.2, 0.25) is 0 Å². The van der Waals surface area contributed by atoms with Crippen molar-refractivity contribution in [2.75, 3.05) is 34.9 Å². The van der Waals surface area contributed by atoms with Gasteiger partial charge in [-0.05, 0) is 42.6 Å². The molecule has 0 saturated carbocycles. The summed E-state index contributed by atoms with van der Waals surface area (Å²) in [4.78, 5) is 127. The summed E-state index contributed by atoms with van der Waals surface area (Å²) < 4.78 is 11.9. The lowest BCUT2D eigenvalue weighted by atomic mass is 9.89. The van der Waals surface area contributed by atoms with Gasteiger partial charge in [-0.1, -0.05) is 85.2 Å². The van der Waals surface area contributed by atoms with Crippen LogP contribution in [-0.2, 0) is 63.9 Å². The molecule has 7 amide bonds. The summed E-state index contributed by atoms with van der Waals surface area (Å²) in [5.41, 5.74) is 0.753. The van der Waals surface area contributed by atoms with Crippen molar-refractivity contribution < 1.29 is 62.6 Å². The highest BCUT2D eigenvalue weighted by Crippen LogP contribution is 2.30. The molecule has 67 heavy (non-hydrogen) atoms. The summed E-state index contributed by atoms with van der Waals surface area (Å²) >= 11 is 0. The minimum Gasteiger partial charge on any atom is -0.480 e. The first-order chi connectivity index (χ1) is 31.6. The van der Waals surface area contributed by atoms with E-state index in [4.69, 9.17) is 14.3 Å². The summed E-state index contributed by atoms with van der Waals surface area (Å²) in [6, 6.07) is 4.68. The van der Waals surface area contributed by atoms with E-state index in [9.17, 15) is 48.3 Å². The second-order valence-corrected chi connectivity index (χ2v) is 18.5. The van der Waals surface area contributed by atoms with E-state index in [1.165, 1.54) is 31.1 Å². The number of likely N-dealkylation sites (N-methyl/N-ethyl adjacent to an activating group) is 2. The zero-order valence-corrected chi connectivity index (χ0v) is 41.2. The second-order valence-electron chi connectivity index (χ2n) is 18.5. The fourth-order valence-corrected chi connectivity index (χ4v) is 9.08. The number of carboxylic acid groups (broad SMARTS) is 1. The number of carbonyl (C=O) groups excluding carboxylic acids is 8. The van der Waals surface area contributed by atoms with E-state index in [0.717, 1.165) is 5.56 Å². The van der Waals surface area contributed by atoms with Gasteiger partial charge in [0.1, 0.15) is 18.1 Å². The van der Waals surface area contributed by atoms with Crippen LogP contribution in [0.1, 0.15) is 112 Å². The van der Waals surface area contributed by atoms with Crippen molar-refractivity contribution in [1.29, 1.82) is 0 Å². The van der Waals surface area contributed by atoms with Crippen molar-refractivity contribution in [3.63, 3.8) is 0 Å². The van der Waals surface area contributed by atoms with Crippen LogP contribution in [0.15, 0.2) is 30.3 Å². The highest BCUT2D eigenvalue weighted by Gasteiger charge is 2.44. The summed E-state index contributed by atoms with van der Waals surface area (Å²) in [5, 5.41) is 15.9. The van der Waals surface area contributed by atoms with Crippen LogP contribution in [-0.4, -0.2) is 155 Å². The monoisotopic (exact) mass is 943 g/mol. The molecule has 0 spiro atoms. The Morgan fingerprint density at radius 3 is 2.00 bits per heavy atom. The quantitative estimate of drug-likeness (QED) is 0.113. The van der Waals surface area contributed by atoms with Crippen molar-refractivity contribution >= 4 is 53.3 Å². The normalized spacial score (nSPS) is 18.7. The Bertz CT molecular complexity index is 1880. The number of amides is 7. The van der Waals surface area contributed by atoms with Crippen molar-refractivity contribution in [3.8, 4) is 0 Å². The molecule has 2 aliphatic rings.